The highest BCUT2D eigenvalue weighted by Crippen LogP contribution is 2.24. The second-order valence-corrected chi connectivity index (χ2v) is 6.10. The van der Waals surface area contributed by atoms with E-state index in [0.29, 0.717) is 23.0 Å². The Hall–Kier alpha value is -1.69. The molecule has 0 aliphatic heterocycles. The van der Waals surface area contributed by atoms with Crippen molar-refractivity contribution >= 4 is 16.5 Å². The number of nitrogens with zero attached hydrogens (tertiary/aromatic N) is 3. The van der Waals surface area contributed by atoms with E-state index in [1.807, 2.05) is 26.0 Å². The van der Waals surface area contributed by atoms with Gasteiger partial charge in [-0.2, -0.15) is 0 Å². The Morgan fingerprint density at radius 2 is 2.10 bits per heavy atom. The second-order valence-electron chi connectivity index (χ2n) is 5.12. The average Bonchev–Trinajstić information content (AvgIpc) is 2.85. The summed E-state index contributed by atoms with van der Waals surface area (Å²) in [5.74, 6) is 0.541. The molecular formula is C14H20N4OS. The molecule has 0 bridgehead atoms. The van der Waals surface area contributed by atoms with Gasteiger partial charge in [-0.15, -0.1) is 10.2 Å². The molecule has 0 aliphatic rings. The van der Waals surface area contributed by atoms with E-state index in [9.17, 15) is 4.79 Å². The number of pyridine rings is 1. The van der Waals surface area contributed by atoms with Crippen LogP contribution in [0.5, 0.6) is 0 Å². The first-order chi connectivity index (χ1) is 9.52. The van der Waals surface area contributed by atoms with Crippen molar-refractivity contribution in [2.45, 2.75) is 34.2 Å². The van der Waals surface area contributed by atoms with Gasteiger partial charge in [-0.3, -0.25) is 4.79 Å². The lowest BCUT2D eigenvalue weighted by molar-refractivity contribution is 0.687. The summed E-state index contributed by atoms with van der Waals surface area (Å²) < 4.78 is 1.75. The van der Waals surface area contributed by atoms with Gasteiger partial charge in [0.15, 0.2) is 5.01 Å². The van der Waals surface area contributed by atoms with Crippen LogP contribution in [0.15, 0.2) is 16.9 Å². The zero-order valence-corrected chi connectivity index (χ0v) is 13.1. The minimum absolute atomic E-state index is 0.000871. The van der Waals surface area contributed by atoms with Crippen molar-refractivity contribution in [1.29, 1.82) is 0 Å². The van der Waals surface area contributed by atoms with Gasteiger partial charge in [0, 0.05) is 18.8 Å². The van der Waals surface area contributed by atoms with E-state index in [-0.39, 0.29) is 5.56 Å². The summed E-state index contributed by atoms with van der Waals surface area (Å²) in [5, 5.41) is 12.9. The summed E-state index contributed by atoms with van der Waals surface area (Å²) in [6.07, 6.45) is 0. The highest BCUT2D eigenvalue weighted by molar-refractivity contribution is 7.18. The number of hydrogen-bond acceptors (Lipinski definition) is 5. The first-order valence-electron chi connectivity index (χ1n) is 6.81. The molecule has 20 heavy (non-hydrogen) atoms. The summed E-state index contributed by atoms with van der Waals surface area (Å²) in [5.41, 5.74) is 1.58. The van der Waals surface area contributed by atoms with E-state index < -0.39 is 0 Å². The molecule has 1 N–H and O–H groups in total. The molecule has 108 valence electrons. The predicted octanol–water partition coefficient (Wildman–Crippen LogP) is 2.76. The molecule has 0 aromatic carbocycles. The molecular weight excluding hydrogens is 272 g/mol. The molecule has 0 amide bonds. The Bertz CT molecular complexity index is 645. The number of nitrogens with one attached hydrogen (secondary N) is 1. The van der Waals surface area contributed by atoms with Gasteiger partial charge < -0.3 is 9.88 Å². The second kappa shape index (κ2) is 6.17. The van der Waals surface area contributed by atoms with Gasteiger partial charge in [-0.05, 0) is 31.9 Å². The van der Waals surface area contributed by atoms with Crippen molar-refractivity contribution in [3.63, 3.8) is 0 Å². The van der Waals surface area contributed by atoms with Gasteiger partial charge in [0.2, 0.25) is 5.13 Å². The van der Waals surface area contributed by atoms with E-state index in [1.165, 1.54) is 11.3 Å². The number of anilines is 1. The minimum atomic E-state index is -0.000871. The number of aromatic nitrogens is 3. The molecule has 0 saturated carbocycles. The van der Waals surface area contributed by atoms with Crippen molar-refractivity contribution < 1.29 is 0 Å². The van der Waals surface area contributed by atoms with Crippen LogP contribution in [0.25, 0.3) is 10.6 Å². The molecule has 0 saturated heterocycles. The Balaban J connectivity index is 2.31. The Morgan fingerprint density at radius 1 is 1.35 bits per heavy atom. The molecule has 0 aliphatic carbocycles. The van der Waals surface area contributed by atoms with Crippen LogP contribution in [0, 0.1) is 12.8 Å². The highest BCUT2D eigenvalue weighted by Gasteiger charge is 2.12. The highest BCUT2D eigenvalue weighted by atomic mass is 32.1. The molecule has 0 radical (unpaired) electrons. The lowest BCUT2D eigenvalue weighted by atomic mass is 10.2. The standard InChI is InChI=1S/C14H20N4OS/c1-5-18-10(4)6-7-11(13(18)19)12-16-17-14(20-12)15-8-9(2)3/h6-7,9H,5,8H2,1-4H3,(H,15,17). The largest absolute Gasteiger partial charge is 0.360 e. The van der Waals surface area contributed by atoms with Crippen LogP contribution in [0.3, 0.4) is 0 Å². The normalized spacial score (nSPS) is 11.1. The molecule has 0 fully saturated rings. The summed E-state index contributed by atoms with van der Waals surface area (Å²) in [6.45, 7) is 9.68. The van der Waals surface area contributed by atoms with E-state index >= 15 is 0 Å². The van der Waals surface area contributed by atoms with Crippen molar-refractivity contribution in [2.24, 2.45) is 5.92 Å². The van der Waals surface area contributed by atoms with E-state index in [1.54, 1.807) is 4.57 Å². The Kier molecular flexibility index (Phi) is 4.54. The zero-order chi connectivity index (χ0) is 14.7. The topological polar surface area (TPSA) is 59.8 Å². The van der Waals surface area contributed by atoms with Crippen LogP contribution < -0.4 is 10.9 Å². The van der Waals surface area contributed by atoms with Gasteiger partial charge in [0.1, 0.15) is 0 Å². The zero-order valence-electron chi connectivity index (χ0n) is 12.3. The summed E-state index contributed by atoms with van der Waals surface area (Å²) in [4.78, 5) is 12.4. The maximum atomic E-state index is 12.4. The third-order valence-corrected chi connectivity index (χ3v) is 3.94. The van der Waals surface area contributed by atoms with Crippen LogP contribution in [-0.4, -0.2) is 21.3 Å². The summed E-state index contributed by atoms with van der Waals surface area (Å²) in [7, 11) is 0. The number of hydrogen-bond donors (Lipinski definition) is 1. The fourth-order valence-electron chi connectivity index (χ4n) is 1.92. The third-order valence-electron chi connectivity index (χ3n) is 3.03. The van der Waals surface area contributed by atoms with Crippen LogP contribution in [0.1, 0.15) is 26.5 Å². The van der Waals surface area contributed by atoms with Gasteiger partial charge in [-0.25, -0.2) is 0 Å². The molecule has 2 aromatic rings. The van der Waals surface area contributed by atoms with Crippen molar-refractivity contribution in [2.75, 3.05) is 11.9 Å². The Labute approximate surface area is 122 Å². The quantitative estimate of drug-likeness (QED) is 0.920. The molecule has 6 heteroatoms. The van der Waals surface area contributed by atoms with Crippen LogP contribution >= 0.6 is 11.3 Å². The van der Waals surface area contributed by atoms with Crippen molar-refractivity contribution in [3.05, 3.63) is 28.2 Å². The van der Waals surface area contributed by atoms with Crippen LogP contribution in [0.4, 0.5) is 5.13 Å². The SMILES string of the molecule is CCn1c(C)ccc(-c2nnc(NCC(C)C)s2)c1=O. The number of aryl methyl sites for hydroxylation is 1. The van der Waals surface area contributed by atoms with Crippen molar-refractivity contribution in [3.8, 4) is 10.6 Å². The first-order valence-corrected chi connectivity index (χ1v) is 7.62. The molecule has 2 heterocycles. The van der Waals surface area contributed by atoms with Gasteiger partial charge in [0.25, 0.3) is 5.56 Å². The molecule has 0 unspecified atom stereocenters. The smallest absolute Gasteiger partial charge is 0.261 e. The van der Waals surface area contributed by atoms with Gasteiger partial charge in [0.05, 0.1) is 5.56 Å². The van der Waals surface area contributed by atoms with Gasteiger partial charge >= 0.3 is 0 Å². The lowest BCUT2D eigenvalue weighted by Gasteiger charge is -2.07. The maximum Gasteiger partial charge on any atom is 0.261 e. The minimum Gasteiger partial charge on any atom is -0.360 e. The molecule has 0 atom stereocenters. The molecule has 0 spiro atoms. The predicted molar refractivity (Wildman–Crippen MR) is 83.3 cm³/mol. The third kappa shape index (κ3) is 3.07. The van der Waals surface area contributed by atoms with E-state index in [2.05, 4.69) is 29.4 Å². The summed E-state index contributed by atoms with van der Waals surface area (Å²) in [6, 6.07) is 3.78. The summed E-state index contributed by atoms with van der Waals surface area (Å²) >= 11 is 1.42. The fraction of sp³-hybridized carbons (Fsp3) is 0.500. The van der Waals surface area contributed by atoms with E-state index in [0.717, 1.165) is 17.4 Å². The van der Waals surface area contributed by atoms with Crippen LogP contribution in [0.2, 0.25) is 0 Å². The average molecular weight is 292 g/mol. The monoisotopic (exact) mass is 292 g/mol. The molecule has 5 nitrogen and oxygen atoms in total. The number of rotatable bonds is 5. The fourth-order valence-corrected chi connectivity index (χ4v) is 2.69. The maximum absolute atomic E-state index is 12.4. The molecule has 2 rings (SSSR count). The molecule has 2 aromatic heterocycles. The van der Waals surface area contributed by atoms with Crippen LogP contribution in [-0.2, 0) is 6.54 Å². The van der Waals surface area contributed by atoms with Crippen molar-refractivity contribution in [1.82, 2.24) is 14.8 Å². The first kappa shape index (κ1) is 14.7. The van der Waals surface area contributed by atoms with Gasteiger partial charge in [-0.1, -0.05) is 25.2 Å². The van der Waals surface area contributed by atoms with E-state index in [4.69, 9.17) is 0 Å². The lowest BCUT2D eigenvalue weighted by Crippen LogP contribution is -2.22. The Morgan fingerprint density at radius 3 is 2.75 bits per heavy atom.